The lowest BCUT2D eigenvalue weighted by molar-refractivity contribution is -0.121. The molecule has 136 valence electrons. The van der Waals surface area contributed by atoms with Crippen molar-refractivity contribution >= 4 is 5.91 Å². The van der Waals surface area contributed by atoms with Gasteiger partial charge in [0.15, 0.2) is 0 Å². The molecule has 8 nitrogen and oxygen atoms in total. The molecule has 0 unspecified atom stereocenters. The molecule has 3 aromatic rings. The molecule has 3 rings (SSSR count). The molecule has 3 heterocycles. The van der Waals surface area contributed by atoms with E-state index in [1.54, 1.807) is 12.3 Å². The number of aromatic nitrogens is 5. The molecule has 0 fully saturated rings. The number of rotatable bonds is 6. The summed E-state index contributed by atoms with van der Waals surface area (Å²) in [5.74, 6) is 0.689. The van der Waals surface area contributed by atoms with Gasteiger partial charge in [-0.05, 0) is 44.9 Å². The molecule has 0 aliphatic heterocycles. The van der Waals surface area contributed by atoms with Crippen molar-refractivity contribution < 1.29 is 9.32 Å². The van der Waals surface area contributed by atoms with Gasteiger partial charge in [-0.2, -0.15) is 10.1 Å². The van der Waals surface area contributed by atoms with Gasteiger partial charge >= 0.3 is 0 Å². The van der Waals surface area contributed by atoms with E-state index < -0.39 is 0 Å². The Bertz CT molecular complexity index is 900. The summed E-state index contributed by atoms with van der Waals surface area (Å²) in [6, 6.07) is 5.10. The van der Waals surface area contributed by atoms with Gasteiger partial charge in [-0.15, -0.1) is 0 Å². The highest BCUT2D eigenvalue weighted by molar-refractivity contribution is 5.76. The average Bonchev–Trinajstić information content (AvgIpc) is 3.20. The topological polar surface area (TPSA) is 98.7 Å². The van der Waals surface area contributed by atoms with Gasteiger partial charge in [0.1, 0.15) is 11.7 Å². The summed E-state index contributed by atoms with van der Waals surface area (Å²) < 4.78 is 7.09. The first-order valence-corrected chi connectivity index (χ1v) is 8.49. The molecular weight excluding hydrogens is 332 g/mol. The van der Waals surface area contributed by atoms with Crippen molar-refractivity contribution in [2.24, 2.45) is 7.05 Å². The SMILES string of the molecule is Cc1nn(C)c(C)c1CCC(=O)N[C@@H](C)c1nc(-c2ccccn2)no1. The van der Waals surface area contributed by atoms with Crippen molar-refractivity contribution in [2.45, 2.75) is 39.7 Å². The molecule has 0 saturated carbocycles. The molecule has 0 aliphatic carbocycles. The standard InChI is InChI=1S/C18H22N6O2/c1-11-14(13(3)24(4)22-11)8-9-16(25)20-12(2)18-21-17(23-26-18)15-7-5-6-10-19-15/h5-7,10,12H,8-9H2,1-4H3,(H,20,25)/t12-/m0/s1. The van der Waals surface area contributed by atoms with Crippen LogP contribution in [0.25, 0.3) is 11.5 Å². The zero-order valence-electron chi connectivity index (χ0n) is 15.4. The van der Waals surface area contributed by atoms with E-state index in [2.05, 4.69) is 25.5 Å². The fourth-order valence-electron chi connectivity index (χ4n) is 2.80. The van der Waals surface area contributed by atoms with Crippen LogP contribution in [0.5, 0.6) is 0 Å². The molecule has 0 saturated heterocycles. The number of aryl methyl sites for hydroxylation is 2. The Balaban J connectivity index is 1.58. The highest BCUT2D eigenvalue weighted by Gasteiger charge is 2.18. The van der Waals surface area contributed by atoms with Crippen molar-refractivity contribution in [2.75, 3.05) is 0 Å². The van der Waals surface area contributed by atoms with Crippen molar-refractivity contribution in [3.63, 3.8) is 0 Å². The summed E-state index contributed by atoms with van der Waals surface area (Å²) in [5.41, 5.74) is 3.79. The molecule has 0 radical (unpaired) electrons. The van der Waals surface area contributed by atoms with Crippen LogP contribution in [0.4, 0.5) is 0 Å². The number of hydrogen-bond acceptors (Lipinski definition) is 6. The van der Waals surface area contributed by atoms with Crippen LogP contribution in [0, 0.1) is 13.8 Å². The van der Waals surface area contributed by atoms with E-state index in [1.807, 2.05) is 44.6 Å². The summed E-state index contributed by atoms with van der Waals surface area (Å²) in [4.78, 5) is 20.8. The number of hydrogen-bond donors (Lipinski definition) is 1. The minimum atomic E-state index is -0.372. The van der Waals surface area contributed by atoms with E-state index in [1.165, 1.54) is 0 Å². The molecular formula is C18H22N6O2. The van der Waals surface area contributed by atoms with Crippen molar-refractivity contribution in [3.8, 4) is 11.5 Å². The third-order valence-corrected chi connectivity index (χ3v) is 4.34. The first-order chi connectivity index (χ1) is 12.5. The summed E-state index contributed by atoms with van der Waals surface area (Å²) in [6.45, 7) is 5.78. The summed E-state index contributed by atoms with van der Waals surface area (Å²) in [6.07, 6.45) is 2.69. The van der Waals surface area contributed by atoms with Crippen LogP contribution in [0.3, 0.4) is 0 Å². The zero-order valence-corrected chi connectivity index (χ0v) is 15.4. The molecule has 1 atom stereocenters. The van der Waals surface area contributed by atoms with Crippen LogP contribution in [-0.4, -0.2) is 30.8 Å². The van der Waals surface area contributed by atoms with E-state index in [0.29, 0.717) is 30.3 Å². The smallest absolute Gasteiger partial charge is 0.249 e. The maximum atomic E-state index is 12.3. The van der Waals surface area contributed by atoms with Crippen LogP contribution >= 0.6 is 0 Å². The van der Waals surface area contributed by atoms with Gasteiger partial charge in [-0.1, -0.05) is 11.2 Å². The van der Waals surface area contributed by atoms with E-state index in [0.717, 1.165) is 17.0 Å². The Labute approximate surface area is 151 Å². The number of carbonyl (C=O) groups excluding carboxylic acids is 1. The van der Waals surface area contributed by atoms with Gasteiger partial charge < -0.3 is 9.84 Å². The van der Waals surface area contributed by atoms with E-state index in [-0.39, 0.29) is 11.9 Å². The number of nitrogens with zero attached hydrogens (tertiary/aromatic N) is 5. The molecule has 26 heavy (non-hydrogen) atoms. The number of nitrogens with one attached hydrogen (secondary N) is 1. The molecule has 0 aliphatic rings. The molecule has 1 N–H and O–H groups in total. The molecule has 0 bridgehead atoms. The second-order valence-electron chi connectivity index (χ2n) is 6.23. The normalized spacial score (nSPS) is 12.2. The van der Waals surface area contributed by atoms with Crippen molar-refractivity contribution in [3.05, 3.63) is 47.2 Å². The average molecular weight is 354 g/mol. The van der Waals surface area contributed by atoms with Gasteiger partial charge in [0.2, 0.25) is 17.6 Å². The summed E-state index contributed by atoms with van der Waals surface area (Å²) in [5, 5.41) is 11.2. The largest absolute Gasteiger partial charge is 0.345 e. The molecule has 1 amide bonds. The first kappa shape index (κ1) is 17.8. The van der Waals surface area contributed by atoms with Crippen LogP contribution < -0.4 is 5.32 Å². The highest BCUT2D eigenvalue weighted by atomic mass is 16.5. The van der Waals surface area contributed by atoms with Crippen molar-refractivity contribution in [1.29, 1.82) is 0 Å². The van der Waals surface area contributed by atoms with Gasteiger partial charge in [0.25, 0.3) is 0 Å². The van der Waals surface area contributed by atoms with Crippen LogP contribution in [0.1, 0.15) is 42.2 Å². The Kier molecular flexibility index (Phi) is 5.11. The summed E-state index contributed by atoms with van der Waals surface area (Å²) >= 11 is 0. The van der Waals surface area contributed by atoms with Gasteiger partial charge in [-0.3, -0.25) is 14.5 Å². The highest BCUT2D eigenvalue weighted by Crippen LogP contribution is 2.17. The summed E-state index contributed by atoms with van der Waals surface area (Å²) in [7, 11) is 1.91. The Morgan fingerprint density at radius 2 is 2.15 bits per heavy atom. The van der Waals surface area contributed by atoms with Gasteiger partial charge in [0.05, 0.1) is 5.69 Å². The molecule has 0 spiro atoms. The second-order valence-corrected chi connectivity index (χ2v) is 6.23. The van der Waals surface area contributed by atoms with E-state index in [9.17, 15) is 4.79 Å². The third kappa shape index (κ3) is 3.79. The lowest BCUT2D eigenvalue weighted by atomic mass is 10.1. The molecule has 3 aromatic heterocycles. The Morgan fingerprint density at radius 3 is 2.81 bits per heavy atom. The predicted molar refractivity (Wildman–Crippen MR) is 95.1 cm³/mol. The number of carbonyl (C=O) groups is 1. The fraction of sp³-hybridized carbons (Fsp3) is 0.389. The third-order valence-electron chi connectivity index (χ3n) is 4.34. The zero-order chi connectivity index (χ0) is 18.7. The fourth-order valence-corrected chi connectivity index (χ4v) is 2.80. The minimum absolute atomic E-state index is 0.0715. The predicted octanol–water partition coefficient (Wildman–Crippen LogP) is 2.29. The Hall–Kier alpha value is -3.03. The maximum absolute atomic E-state index is 12.3. The van der Waals surface area contributed by atoms with Gasteiger partial charge in [-0.25, -0.2) is 0 Å². The lowest BCUT2D eigenvalue weighted by Gasteiger charge is -2.09. The lowest BCUT2D eigenvalue weighted by Crippen LogP contribution is -2.27. The van der Waals surface area contributed by atoms with E-state index >= 15 is 0 Å². The molecule has 8 heteroatoms. The van der Waals surface area contributed by atoms with E-state index in [4.69, 9.17) is 4.52 Å². The van der Waals surface area contributed by atoms with Crippen LogP contribution in [0.15, 0.2) is 28.9 Å². The number of amides is 1. The Morgan fingerprint density at radius 1 is 1.35 bits per heavy atom. The van der Waals surface area contributed by atoms with Crippen LogP contribution in [0.2, 0.25) is 0 Å². The van der Waals surface area contributed by atoms with Crippen molar-refractivity contribution in [1.82, 2.24) is 30.2 Å². The van der Waals surface area contributed by atoms with Gasteiger partial charge in [0, 0.05) is 25.4 Å². The minimum Gasteiger partial charge on any atom is -0.345 e. The van der Waals surface area contributed by atoms with Crippen LogP contribution in [-0.2, 0) is 18.3 Å². The number of pyridine rings is 1. The monoisotopic (exact) mass is 354 g/mol. The maximum Gasteiger partial charge on any atom is 0.249 e. The first-order valence-electron chi connectivity index (χ1n) is 8.49. The second kappa shape index (κ2) is 7.47. The molecule has 0 aromatic carbocycles. The quantitative estimate of drug-likeness (QED) is 0.729.